The molecule has 0 bridgehead atoms. The number of furan rings is 1. The minimum atomic E-state index is -0.577. The molecule has 6 heteroatoms. The molecule has 6 nitrogen and oxygen atoms in total. The molecule has 0 radical (unpaired) electrons. The van der Waals surface area contributed by atoms with Gasteiger partial charge in [-0.2, -0.15) is 0 Å². The fourth-order valence-electron chi connectivity index (χ4n) is 4.78. The number of fused-ring (bicyclic) bond motifs is 1. The third kappa shape index (κ3) is 4.86. The molecule has 1 aromatic heterocycles. The van der Waals surface area contributed by atoms with Gasteiger partial charge in [-0.25, -0.2) is 0 Å². The molecule has 0 spiro atoms. The topological polar surface area (TPSA) is 65.8 Å². The highest BCUT2D eigenvalue weighted by molar-refractivity contribution is 5.96. The molecule has 2 aromatic carbocycles. The van der Waals surface area contributed by atoms with Crippen molar-refractivity contribution in [3.8, 4) is 0 Å². The largest absolute Gasteiger partial charge is 0.459 e. The Morgan fingerprint density at radius 3 is 2.36 bits per heavy atom. The number of carbonyl (C=O) groups is 2. The van der Waals surface area contributed by atoms with E-state index in [2.05, 4.69) is 34.5 Å². The minimum Gasteiger partial charge on any atom is -0.459 e. The number of carbonyl (C=O) groups excluding carboxylic acids is 2. The molecule has 1 N–H and O–H groups in total. The normalized spacial score (nSPS) is 18.2. The number of likely N-dealkylation sites (tertiary alicyclic amines) is 1. The second kappa shape index (κ2) is 9.63. The predicted octanol–water partition coefficient (Wildman–Crippen LogP) is 3.76. The van der Waals surface area contributed by atoms with Gasteiger partial charge in [-0.15, -0.1) is 0 Å². The van der Waals surface area contributed by atoms with E-state index in [9.17, 15) is 9.59 Å². The molecule has 5 rings (SSSR count). The van der Waals surface area contributed by atoms with Crippen LogP contribution in [-0.2, 0) is 30.8 Å². The summed E-state index contributed by atoms with van der Waals surface area (Å²) in [4.78, 5) is 30.4. The molecule has 1 saturated heterocycles. The van der Waals surface area contributed by atoms with Gasteiger partial charge in [0.25, 0.3) is 5.91 Å². The molecule has 1 atom stereocenters. The molecule has 3 aromatic rings. The van der Waals surface area contributed by atoms with Gasteiger partial charge < -0.3 is 14.6 Å². The summed E-state index contributed by atoms with van der Waals surface area (Å²) in [5.74, 6) is -0.160. The van der Waals surface area contributed by atoms with Crippen LogP contribution < -0.4 is 5.32 Å². The lowest BCUT2D eigenvalue weighted by molar-refractivity contribution is -0.126. The molecule has 1 fully saturated rings. The van der Waals surface area contributed by atoms with Crippen molar-refractivity contribution in [1.29, 1.82) is 0 Å². The van der Waals surface area contributed by atoms with Gasteiger partial charge in [-0.05, 0) is 60.3 Å². The van der Waals surface area contributed by atoms with E-state index in [1.807, 2.05) is 24.3 Å². The zero-order valence-corrected chi connectivity index (χ0v) is 18.7. The highest BCUT2D eigenvalue weighted by atomic mass is 16.3. The van der Waals surface area contributed by atoms with Crippen LogP contribution in [0, 0.1) is 0 Å². The quantitative estimate of drug-likeness (QED) is 0.630. The first kappa shape index (κ1) is 21.5. The summed E-state index contributed by atoms with van der Waals surface area (Å²) >= 11 is 0. The van der Waals surface area contributed by atoms with Crippen LogP contribution in [0.5, 0.6) is 0 Å². The van der Waals surface area contributed by atoms with Crippen molar-refractivity contribution < 1.29 is 14.0 Å². The van der Waals surface area contributed by atoms with Crippen LogP contribution >= 0.6 is 0 Å². The van der Waals surface area contributed by atoms with E-state index < -0.39 is 6.04 Å². The third-order valence-corrected chi connectivity index (χ3v) is 6.64. The van der Waals surface area contributed by atoms with Gasteiger partial charge in [0.2, 0.25) is 5.91 Å². The van der Waals surface area contributed by atoms with Crippen molar-refractivity contribution in [1.82, 2.24) is 15.1 Å². The van der Waals surface area contributed by atoms with Crippen molar-refractivity contribution in [2.75, 3.05) is 13.1 Å². The van der Waals surface area contributed by atoms with Crippen LogP contribution in [0.3, 0.4) is 0 Å². The number of nitrogens with one attached hydrogen (secondary N) is 1. The molecule has 33 heavy (non-hydrogen) atoms. The Kier molecular flexibility index (Phi) is 6.26. The molecular weight excluding hydrogens is 414 g/mol. The Balaban J connectivity index is 1.26. The molecular formula is C27H29N3O3. The highest BCUT2D eigenvalue weighted by Crippen LogP contribution is 2.25. The molecule has 1 unspecified atom stereocenters. The van der Waals surface area contributed by atoms with E-state index in [0.29, 0.717) is 19.5 Å². The summed E-state index contributed by atoms with van der Waals surface area (Å²) < 4.78 is 5.33. The van der Waals surface area contributed by atoms with Crippen LogP contribution in [0.25, 0.3) is 0 Å². The van der Waals surface area contributed by atoms with Gasteiger partial charge in [-0.1, -0.05) is 48.5 Å². The number of benzene rings is 2. The summed E-state index contributed by atoms with van der Waals surface area (Å²) in [5.41, 5.74) is 4.52. The van der Waals surface area contributed by atoms with Crippen molar-refractivity contribution in [2.24, 2.45) is 0 Å². The van der Waals surface area contributed by atoms with Gasteiger partial charge in [0.15, 0.2) is 5.76 Å². The van der Waals surface area contributed by atoms with Gasteiger partial charge in [0.05, 0.1) is 6.26 Å². The molecule has 2 aliphatic rings. The van der Waals surface area contributed by atoms with E-state index >= 15 is 0 Å². The summed E-state index contributed by atoms with van der Waals surface area (Å²) in [5, 5.41) is 3.05. The van der Waals surface area contributed by atoms with E-state index in [1.54, 1.807) is 17.0 Å². The number of hydrogen-bond donors (Lipinski definition) is 1. The standard InChI is InChI=1S/C27H29N3O3/c31-26(28-17-20-9-11-21(12-10-20)18-29-13-3-4-14-29)24-16-22-6-1-2-7-23(22)19-30(24)27(32)25-8-5-15-33-25/h1-2,5-12,15,24H,3-4,13-14,16-19H2,(H,28,31). The highest BCUT2D eigenvalue weighted by Gasteiger charge is 2.35. The second-order valence-electron chi connectivity index (χ2n) is 8.92. The lowest BCUT2D eigenvalue weighted by atomic mass is 9.93. The third-order valence-electron chi connectivity index (χ3n) is 6.64. The minimum absolute atomic E-state index is 0.148. The van der Waals surface area contributed by atoms with Crippen LogP contribution in [0.1, 0.15) is 45.7 Å². The Bertz CT molecular complexity index is 1100. The maximum atomic E-state index is 13.2. The fraction of sp³-hybridized carbons (Fsp3) is 0.333. The number of rotatable bonds is 6. The number of nitrogens with zero attached hydrogens (tertiary/aromatic N) is 2. The van der Waals surface area contributed by atoms with Gasteiger partial charge in [0, 0.05) is 26.1 Å². The first-order valence-corrected chi connectivity index (χ1v) is 11.7. The molecule has 2 amide bonds. The molecule has 2 aliphatic heterocycles. The SMILES string of the molecule is O=C(NCc1ccc(CN2CCCC2)cc1)C1Cc2ccccc2CN1C(=O)c1ccco1. The summed E-state index contributed by atoms with van der Waals surface area (Å²) in [6, 6.07) is 19.2. The van der Waals surface area contributed by atoms with Crippen molar-refractivity contribution in [3.05, 3.63) is 94.9 Å². The van der Waals surface area contributed by atoms with Gasteiger partial charge in [0.1, 0.15) is 6.04 Å². The maximum Gasteiger partial charge on any atom is 0.290 e. The Morgan fingerprint density at radius 2 is 1.64 bits per heavy atom. The Labute approximate surface area is 194 Å². The monoisotopic (exact) mass is 443 g/mol. The zero-order valence-electron chi connectivity index (χ0n) is 18.7. The smallest absolute Gasteiger partial charge is 0.290 e. The van der Waals surface area contributed by atoms with Crippen molar-refractivity contribution >= 4 is 11.8 Å². The Hall–Kier alpha value is -3.38. The second-order valence-corrected chi connectivity index (χ2v) is 8.92. The lowest BCUT2D eigenvalue weighted by Gasteiger charge is -2.35. The van der Waals surface area contributed by atoms with Gasteiger partial charge in [-0.3, -0.25) is 14.5 Å². The van der Waals surface area contributed by atoms with Crippen LogP contribution in [0.15, 0.2) is 71.3 Å². The van der Waals surface area contributed by atoms with E-state index in [1.165, 1.54) is 37.8 Å². The van der Waals surface area contributed by atoms with Crippen molar-refractivity contribution in [3.63, 3.8) is 0 Å². The average Bonchev–Trinajstić information content (AvgIpc) is 3.57. The average molecular weight is 444 g/mol. The van der Waals surface area contributed by atoms with Gasteiger partial charge >= 0.3 is 0 Å². The van der Waals surface area contributed by atoms with Crippen molar-refractivity contribution in [2.45, 2.75) is 44.9 Å². The molecule has 0 saturated carbocycles. The van der Waals surface area contributed by atoms with Crippen LogP contribution in [0.2, 0.25) is 0 Å². The predicted molar refractivity (Wildman–Crippen MR) is 125 cm³/mol. The lowest BCUT2D eigenvalue weighted by Crippen LogP contribution is -2.52. The zero-order chi connectivity index (χ0) is 22.6. The Morgan fingerprint density at radius 1 is 0.909 bits per heavy atom. The fourth-order valence-corrected chi connectivity index (χ4v) is 4.78. The first-order chi connectivity index (χ1) is 16.2. The van der Waals surface area contributed by atoms with Crippen LogP contribution in [-0.4, -0.2) is 40.7 Å². The molecule has 170 valence electrons. The molecule has 3 heterocycles. The number of hydrogen-bond acceptors (Lipinski definition) is 4. The number of amides is 2. The van der Waals surface area contributed by atoms with E-state index in [0.717, 1.165) is 23.2 Å². The summed E-state index contributed by atoms with van der Waals surface area (Å²) in [6.07, 6.45) is 4.54. The summed E-state index contributed by atoms with van der Waals surface area (Å²) in [6.45, 7) is 4.16. The summed E-state index contributed by atoms with van der Waals surface area (Å²) in [7, 11) is 0. The van der Waals surface area contributed by atoms with Crippen LogP contribution in [0.4, 0.5) is 0 Å². The maximum absolute atomic E-state index is 13.2. The first-order valence-electron chi connectivity index (χ1n) is 11.7. The van der Waals surface area contributed by atoms with E-state index in [4.69, 9.17) is 4.42 Å². The molecule has 0 aliphatic carbocycles. The van der Waals surface area contributed by atoms with E-state index in [-0.39, 0.29) is 17.6 Å².